The van der Waals surface area contributed by atoms with Crippen molar-refractivity contribution in [2.45, 2.75) is 19.4 Å². The first-order valence-electron chi connectivity index (χ1n) is 3.95. The van der Waals surface area contributed by atoms with Crippen LogP contribution in [0, 0.1) is 0 Å². The topological polar surface area (TPSA) is 32.6 Å². The zero-order valence-corrected chi connectivity index (χ0v) is 8.43. The average molecular weight is 193 g/mol. The van der Waals surface area contributed by atoms with Crippen LogP contribution >= 0.6 is 12.2 Å². The van der Waals surface area contributed by atoms with Crippen LogP contribution in [-0.4, -0.2) is 10.3 Å². The number of hydrogen-bond donors (Lipinski definition) is 1. The molecule has 0 aromatic heterocycles. The quantitative estimate of drug-likeness (QED) is 0.578. The highest BCUT2D eigenvalue weighted by atomic mass is 32.1. The lowest BCUT2D eigenvalue weighted by atomic mass is 9.98. The molecule has 0 heterocycles. The van der Waals surface area contributed by atoms with Gasteiger partial charge >= 0.3 is 0 Å². The average Bonchev–Trinajstić information content (AvgIpc) is 2.04. The van der Waals surface area contributed by atoms with Crippen LogP contribution in [0.4, 0.5) is 5.69 Å². The van der Waals surface area contributed by atoms with Crippen LogP contribution < -0.4 is 0 Å². The van der Waals surface area contributed by atoms with Gasteiger partial charge in [0.2, 0.25) is 0 Å². The molecule has 0 aliphatic rings. The molecule has 0 aliphatic heterocycles. The van der Waals surface area contributed by atoms with Crippen molar-refractivity contribution in [3.63, 3.8) is 0 Å². The van der Waals surface area contributed by atoms with E-state index in [2.05, 4.69) is 22.4 Å². The molecule has 0 unspecified atom stereocenters. The summed E-state index contributed by atoms with van der Waals surface area (Å²) in [6.07, 6.45) is 0. The van der Waals surface area contributed by atoms with E-state index in [9.17, 15) is 5.11 Å². The predicted octanol–water partition coefficient (Wildman–Crippen LogP) is 2.65. The molecule has 1 N–H and O–H groups in total. The van der Waals surface area contributed by atoms with Gasteiger partial charge < -0.3 is 5.11 Å². The van der Waals surface area contributed by atoms with Gasteiger partial charge in [-0.15, -0.1) is 0 Å². The molecule has 0 saturated heterocycles. The highest BCUT2D eigenvalue weighted by Crippen LogP contribution is 2.21. The zero-order valence-electron chi connectivity index (χ0n) is 7.61. The Morgan fingerprint density at radius 2 is 1.85 bits per heavy atom. The Morgan fingerprint density at radius 3 is 2.23 bits per heavy atom. The maximum absolute atomic E-state index is 9.64. The monoisotopic (exact) mass is 193 g/mol. The first kappa shape index (κ1) is 10.1. The Balaban J connectivity index is 3.00. The first-order valence-corrected chi connectivity index (χ1v) is 4.35. The molecule has 3 heteroatoms. The van der Waals surface area contributed by atoms with E-state index in [0.717, 1.165) is 11.3 Å². The molecule has 0 atom stereocenters. The van der Waals surface area contributed by atoms with Crippen molar-refractivity contribution in [1.82, 2.24) is 0 Å². The van der Waals surface area contributed by atoms with Gasteiger partial charge in [0.1, 0.15) is 0 Å². The summed E-state index contributed by atoms with van der Waals surface area (Å²) in [5.41, 5.74) is 0.804. The fourth-order valence-electron chi connectivity index (χ4n) is 0.997. The number of isothiocyanates is 1. The lowest BCUT2D eigenvalue weighted by molar-refractivity contribution is 0.0786. The molecule has 0 bridgehead atoms. The van der Waals surface area contributed by atoms with Crippen LogP contribution in [-0.2, 0) is 5.60 Å². The maximum atomic E-state index is 9.64. The number of nitrogens with zero attached hydrogens (tertiary/aromatic N) is 1. The van der Waals surface area contributed by atoms with Crippen molar-refractivity contribution in [2.24, 2.45) is 4.99 Å². The van der Waals surface area contributed by atoms with Gasteiger partial charge in [-0.05, 0) is 43.8 Å². The van der Waals surface area contributed by atoms with Gasteiger partial charge in [-0.1, -0.05) is 12.1 Å². The van der Waals surface area contributed by atoms with Crippen LogP contribution in [0.15, 0.2) is 29.3 Å². The normalized spacial score (nSPS) is 10.7. The molecule has 2 nitrogen and oxygen atoms in total. The Bertz CT molecular complexity index is 331. The molecule has 1 aromatic rings. The maximum Gasteiger partial charge on any atom is 0.0840 e. The van der Waals surface area contributed by atoms with E-state index in [-0.39, 0.29) is 0 Å². The third-order valence-electron chi connectivity index (χ3n) is 1.75. The van der Waals surface area contributed by atoms with E-state index in [1.165, 1.54) is 0 Å². The second-order valence-corrected chi connectivity index (χ2v) is 3.49. The summed E-state index contributed by atoms with van der Waals surface area (Å²) in [6.45, 7) is 3.48. The number of thiocarbonyl (C=S) groups is 1. The van der Waals surface area contributed by atoms with Gasteiger partial charge in [0.15, 0.2) is 0 Å². The fraction of sp³-hybridized carbons (Fsp3) is 0.300. The summed E-state index contributed by atoms with van der Waals surface area (Å²) >= 11 is 4.47. The van der Waals surface area contributed by atoms with Gasteiger partial charge in [-0.3, -0.25) is 0 Å². The van der Waals surface area contributed by atoms with Crippen molar-refractivity contribution >= 4 is 23.1 Å². The van der Waals surface area contributed by atoms with Crippen molar-refractivity contribution in [3.05, 3.63) is 29.8 Å². The van der Waals surface area contributed by atoms with E-state index in [0.29, 0.717) is 0 Å². The van der Waals surface area contributed by atoms with Crippen LogP contribution in [0.2, 0.25) is 0 Å². The van der Waals surface area contributed by atoms with Crippen molar-refractivity contribution < 1.29 is 5.11 Å². The lowest BCUT2D eigenvalue weighted by Gasteiger charge is -2.17. The molecule has 0 spiro atoms. The van der Waals surface area contributed by atoms with Gasteiger partial charge in [-0.25, -0.2) is 0 Å². The minimum atomic E-state index is -0.806. The van der Waals surface area contributed by atoms with Gasteiger partial charge in [0, 0.05) is 0 Å². The highest BCUT2D eigenvalue weighted by molar-refractivity contribution is 7.78. The molecular weight excluding hydrogens is 182 g/mol. The van der Waals surface area contributed by atoms with E-state index < -0.39 is 5.60 Å². The Morgan fingerprint density at radius 1 is 1.31 bits per heavy atom. The molecule has 0 amide bonds. The van der Waals surface area contributed by atoms with E-state index in [4.69, 9.17) is 0 Å². The molecule has 13 heavy (non-hydrogen) atoms. The second-order valence-electron chi connectivity index (χ2n) is 3.31. The van der Waals surface area contributed by atoms with E-state index in [1.807, 2.05) is 12.1 Å². The number of benzene rings is 1. The smallest absolute Gasteiger partial charge is 0.0840 e. The predicted molar refractivity (Wildman–Crippen MR) is 56.4 cm³/mol. The summed E-state index contributed by atoms with van der Waals surface area (Å²) in [5, 5.41) is 11.9. The lowest BCUT2D eigenvalue weighted by Crippen LogP contribution is -2.14. The number of aliphatic imine (C=N–C) groups is 1. The molecule has 0 fully saturated rings. The standard InChI is InChI=1S/C10H11NOS/c1-10(2,12)8-3-5-9(6-4-8)11-7-13/h3-6,12H,1-2H3. The van der Waals surface area contributed by atoms with Gasteiger partial charge in [0.05, 0.1) is 16.4 Å². The Labute approximate surface area is 82.9 Å². The van der Waals surface area contributed by atoms with E-state index in [1.54, 1.807) is 26.0 Å². The largest absolute Gasteiger partial charge is 0.386 e. The van der Waals surface area contributed by atoms with E-state index >= 15 is 0 Å². The zero-order chi connectivity index (χ0) is 9.90. The van der Waals surface area contributed by atoms with Crippen molar-refractivity contribution in [2.75, 3.05) is 0 Å². The van der Waals surface area contributed by atoms with Crippen molar-refractivity contribution in [3.8, 4) is 0 Å². The molecule has 1 aromatic carbocycles. The molecule has 1 rings (SSSR count). The Kier molecular flexibility index (Phi) is 2.94. The summed E-state index contributed by atoms with van der Waals surface area (Å²) in [5.74, 6) is 0. The summed E-state index contributed by atoms with van der Waals surface area (Å²) in [7, 11) is 0. The van der Waals surface area contributed by atoms with Crippen molar-refractivity contribution in [1.29, 1.82) is 0 Å². The third kappa shape index (κ3) is 2.74. The summed E-state index contributed by atoms with van der Waals surface area (Å²) < 4.78 is 0. The first-order chi connectivity index (χ1) is 6.04. The van der Waals surface area contributed by atoms with Crippen LogP contribution in [0.5, 0.6) is 0 Å². The van der Waals surface area contributed by atoms with Crippen LogP contribution in [0.3, 0.4) is 0 Å². The van der Waals surface area contributed by atoms with Gasteiger partial charge in [0.25, 0.3) is 0 Å². The third-order valence-corrected chi connectivity index (χ3v) is 1.84. The minimum Gasteiger partial charge on any atom is -0.386 e. The molecule has 0 aliphatic carbocycles. The molecule has 68 valence electrons. The summed E-state index contributed by atoms with van der Waals surface area (Å²) in [4.78, 5) is 3.81. The second kappa shape index (κ2) is 3.79. The molecular formula is C10H11NOS. The Hall–Kier alpha value is -1.02. The number of hydrogen-bond acceptors (Lipinski definition) is 3. The summed E-state index contributed by atoms with van der Waals surface area (Å²) in [6, 6.07) is 7.25. The molecule has 0 saturated carbocycles. The number of rotatable bonds is 2. The fourth-order valence-corrected chi connectivity index (χ4v) is 1.10. The molecule has 0 radical (unpaired) electrons. The minimum absolute atomic E-state index is 0.753. The van der Waals surface area contributed by atoms with Crippen LogP contribution in [0.1, 0.15) is 19.4 Å². The number of aliphatic hydroxyl groups is 1. The van der Waals surface area contributed by atoms with Gasteiger partial charge in [-0.2, -0.15) is 4.99 Å². The van der Waals surface area contributed by atoms with Crippen LogP contribution in [0.25, 0.3) is 0 Å². The highest BCUT2D eigenvalue weighted by Gasteiger charge is 2.14. The SMILES string of the molecule is CC(C)(O)c1ccc(N=C=S)cc1.